The van der Waals surface area contributed by atoms with E-state index in [1.165, 1.54) is 22.7 Å². The van der Waals surface area contributed by atoms with Crippen molar-refractivity contribution >= 4 is 28.6 Å². The van der Waals surface area contributed by atoms with Gasteiger partial charge in [0.25, 0.3) is 5.56 Å². The van der Waals surface area contributed by atoms with Gasteiger partial charge in [-0.15, -0.1) is 11.8 Å². The van der Waals surface area contributed by atoms with Crippen molar-refractivity contribution in [1.29, 1.82) is 0 Å². The molecule has 0 atom stereocenters. The van der Waals surface area contributed by atoms with E-state index in [1.54, 1.807) is 19.2 Å². The summed E-state index contributed by atoms with van der Waals surface area (Å²) in [4.78, 5) is 36.2. The molecule has 5 nitrogen and oxygen atoms in total. The van der Waals surface area contributed by atoms with Crippen LogP contribution < -0.4 is 5.56 Å². The van der Waals surface area contributed by atoms with Crippen molar-refractivity contribution in [3.63, 3.8) is 0 Å². The van der Waals surface area contributed by atoms with Gasteiger partial charge in [0.15, 0.2) is 11.4 Å². The lowest BCUT2D eigenvalue weighted by atomic mass is 9.98. The van der Waals surface area contributed by atoms with Crippen molar-refractivity contribution in [3.8, 4) is 0 Å². The molecule has 0 N–H and O–H groups in total. The van der Waals surface area contributed by atoms with Crippen molar-refractivity contribution in [2.24, 2.45) is 7.05 Å². The first-order chi connectivity index (χ1) is 14.1. The molecule has 0 aliphatic rings. The monoisotopic (exact) mass is 401 g/mol. The van der Waals surface area contributed by atoms with E-state index in [2.05, 4.69) is 9.97 Å². The summed E-state index contributed by atoms with van der Waals surface area (Å²) in [6.45, 7) is 0. The highest BCUT2D eigenvalue weighted by Crippen LogP contribution is 2.31. The molecule has 0 amide bonds. The molecule has 144 valence electrons. The number of hydrogen-bond donors (Lipinski definition) is 0. The average molecular weight is 401 g/mol. The van der Waals surface area contributed by atoms with E-state index in [-0.39, 0.29) is 16.7 Å². The van der Waals surface area contributed by atoms with E-state index in [0.29, 0.717) is 23.2 Å². The number of pyridine rings is 1. The Bertz CT molecular complexity index is 1250. The number of hydrogen-bond acceptors (Lipinski definition) is 5. The minimum atomic E-state index is -0.275. The molecule has 29 heavy (non-hydrogen) atoms. The van der Waals surface area contributed by atoms with E-state index in [4.69, 9.17) is 0 Å². The van der Waals surface area contributed by atoms with E-state index < -0.39 is 0 Å². The van der Waals surface area contributed by atoms with Crippen LogP contribution in [0.1, 0.15) is 27.2 Å². The summed E-state index contributed by atoms with van der Waals surface area (Å²) in [6, 6.07) is 19.0. The molecule has 2 aromatic heterocycles. The lowest BCUT2D eigenvalue weighted by Gasteiger charge is -2.15. The number of aromatic nitrogens is 3. The molecule has 0 bridgehead atoms. The molecular weight excluding hydrogens is 382 g/mol. The molecule has 0 saturated carbocycles. The molecule has 0 fully saturated rings. The predicted octanol–water partition coefficient (Wildman–Crippen LogP) is 3.87. The molecule has 0 radical (unpaired) electrons. The highest BCUT2D eigenvalue weighted by molar-refractivity contribution is 7.98. The first-order valence-electron chi connectivity index (χ1n) is 9.16. The molecule has 4 aromatic rings. The van der Waals surface area contributed by atoms with Gasteiger partial charge < -0.3 is 4.57 Å². The molecule has 0 aliphatic carbocycles. The summed E-state index contributed by atoms with van der Waals surface area (Å²) < 4.78 is 1.38. The molecule has 0 unspecified atom stereocenters. The minimum Gasteiger partial charge on any atom is -0.302 e. The molecule has 2 heterocycles. The van der Waals surface area contributed by atoms with Gasteiger partial charge in [-0.1, -0.05) is 60.7 Å². The van der Waals surface area contributed by atoms with E-state index in [0.717, 1.165) is 16.2 Å². The Morgan fingerprint density at radius 1 is 1.03 bits per heavy atom. The van der Waals surface area contributed by atoms with Crippen molar-refractivity contribution < 1.29 is 4.79 Å². The summed E-state index contributed by atoms with van der Waals surface area (Å²) in [7, 11) is 1.63. The Hall–Kier alpha value is -3.25. The van der Waals surface area contributed by atoms with Crippen molar-refractivity contribution in [1.82, 2.24) is 14.5 Å². The fourth-order valence-electron chi connectivity index (χ4n) is 3.35. The summed E-state index contributed by atoms with van der Waals surface area (Å²) in [5.41, 5.74) is 2.77. The van der Waals surface area contributed by atoms with Crippen LogP contribution >= 0.6 is 11.8 Å². The number of thioether (sulfide) groups is 1. The highest BCUT2D eigenvalue weighted by atomic mass is 32.2. The van der Waals surface area contributed by atoms with E-state index >= 15 is 0 Å². The number of aryl methyl sites for hydroxylation is 1. The maximum Gasteiger partial charge on any atom is 0.263 e. The molecule has 6 heteroatoms. The van der Waals surface area contributed by atoms with Crippen LogP contribution in [0, 0.1) is 0 Å². The van der Waals surface area contributed by atoms with Crippen molar-refractivity contribution in [2.75, 3.05) is 6.26 Å². The van der Waals surface area contributed by atoms with Crippen molar-refractivity contribution in [2.45, 2.75) is 11.3 Å². The standard InChI is InChI=1S/C23H19N3O2S/c1-26-14-24-22-19(23(26)28)18(20(27)16-11-7-4-8-12-16)21(29-2)17(25-22)13-15-9-5-3-6-10-15/h3-12,14H,13H2,1-2H3. The molecular formula is C23H19N3O2S. The normalized spacial score (nSPS) is 11.0. The van der Waals surface area contributed by atoms with Crippen LogP contribution in [-0.4, -0.2) is 26.6 Å². The highest BCUT2D eigenvalue weighted by Gasteiger charge is 2.24. The van der Waals surface area contributed by atoms with Crippen LogP contribution in [0.2, 0.25) is 0 Å². The number of benzene rings is 2. The second kappa shape index (κ2) is 8.01. The number of carbonyl (C=O) groups is 1. The van der Waals surface area contributed by atoms with Crippen LogP contribution in [0.4, 0.5) is 0 Å². The SMILES string of the molecule is CSc1c(Cc2ccccc2)nc2ncn(C)c(=O)c2c1C(=O)c1ccccc1. The molecule has 2 aromatic carbocycles. The van der Waals surface area contributed by atoms with E-state index in [9.17, 15) is 9.59 Å². The first-order valence-corrected chi connectivity index (χ1v) is 10.4. The van der Waals surface area contributed by atoms with Gasteiger partial charge in [0.05, 0.1) is 23.0 Å². The maximum absolute atomic E-state index is 13.5. The Balaban J connectivity index is 2.03. The molecule has 4 rings (SSSR count). The molecule has 0 saturated heterocycles. The van der Waals surface area contributed by atoms with Gasteiger partial charge in [0, 0.05) is 23.9 Å². The maximum atomic E-state index is 13.5. The van der Waals surface area contributed by atoms with Crippen LogP contribution in [0.25, 0.3) is 11.0 Å². The zero-order valence-corrected chi connectivity index (χ0v) is 16.9. The molecule has 0 spiro atoms. The second-order valence-electron chi connectivity index (χ2n) is 6.68. The number of ketones is 1. The van der Waals surface area contributed by atoms with Crippen LogP contribution in [0.5, 0.6) is 0 Å². The van der Waals surface area contributed by atoms with Gasteiger partial charge in [-0.2, -0.15) is 0 Å². The smallest absolute Gasteiger partial charge is 0.263 e. The minimum absolute atomic E-state index is 0.193. The number of carbonyl (C=O) groups excluding carboxylic acids is 1. The van der Waals surface area contributed by atoms with Crippen molar-refractivity contribution in [3.05, 3.63) is 99.7 Å². The van der Waals surface area contributed by atoms with E-state index in [1.807, 2.05) is 54.8 Å². The van der Waals surface area contributed by atoms with Gasteiger partial charge >= 0.3 is 0 Å². The second-order valence-corrected chi connectivity index (χ2v) is 7.50. The fourth-order valence-corrected chi connectivity index (χ4v) is 4.10. The van der Waals surface area contributed by atoms with Crippen LogP contribution in [-0.2, 0) is 13.5 Å². The van der Waals surface area contributed by atoms with Gasteiger partial charge in [-0.3, -0.25) is 9.59 Å². The third-order valence-electron chi connectivity index (χ3n) is 4.77. The summed E-state index contributed by atoms with van der Waals surface area (Å²) in [5, 5.41) is 0.269. The quantitative estimate of drug-likeness (QED) is 0.375. The lowest BCUT2D eigenvalue weighted by Crippen LogP contribution is -2.22. The van der Waals surface area contributed by atoms with Gasteiger partial charge in [0.2, 0.25) is 0 Å². The topological polar surface area (TPSA) is 64.8 Å². The Morgan fingerprint density at radius 3 is 2.34 bits per heavy atom. The Kier molecular flexibility index (Phi) is 5.27. The van der Waals surface area contributed by atoms with Crippen LogP contribution in [0.15, 0.2) is 76.7 Å². The predicted molar refractivity (Wildman–Crippen MR) is 116 cm³/mol. The Morgan fingerprint density at radius 2 is 1.69 bits per heavy atom. The largest absolute Gasteiger partial charge is 0.302 e. The van der Waals surface area contributed by atoms with Gasteiger partial charge in [-0.05, 0) is 11.8 Å². The summed E-state index contributed by atoms with van der Waals surface area (Å²) in [5.74, 6) is -0.193. The fraction of sp³-hybridized carbons (Fsp3) is 0.130. The first kappa shape index (κ1) is 19.1. The number of rotatable bonds is 5. The third-order valence-corrected chi connectivity index (χ3v) is 5.62. The summed E-state index contributed by atoms with van der Waals surface area (Å²) >= 11 is 1.43. The molecule has 0 aliphatic heterocycles. The number of nitrogens with zero attached hydrogens (tertiary/aromatic N) is 3. The Labute approximate surface area is 172 Å². The zero-order chi connectivity index (χ0) is 20.4. The van der Waals surface area contributed by atoms with Gasteiger partial charge in [0.1, 0.15) is 0 Å². The average Bonchev–Trinajstić information content (AvgIpc) is 2.76. The zero-order valence-electron chi connectivity index (χ0n) is 16.1. The van der Waals surface area contributed by atoms with Crippen LogP contribution in [0.3, 0.4) is 0 Å². The number of fused-ring (bicyclic) bond motifs is 1. The van der Waals surface area contributed by atoms with Gasteiger partial charge in [-0.25, -0.2) is 9.97 Å². The lowest BCUT2D eigenvalue weighted by molar-refractivity contribution is 0.103. The third kappa shape index (κ3) is 3.59. The summed E-state index contributed by atoms with van der Waals surface area (Å²) in [6.07, 6.45) is 3.90.